The van der Waals surface area contributed by atoms with Crippen LogP contribution in [-0.4, -0.2) is 34.1 Å². The van der Waals surface area contributed by atoms with E-state index in [0.29, 0.717) is 22.3 Å². The summed E-state index contributed by atoms with van der Waals surface area (Å²) in [6.45, 7) is 1.67. The van der Waals surface area contributed by atoms with E-state index in [0.717, 1.165) is 12.4 Å². The summed E-state index contributed by atoms with van der Waals surface area (Å²) in [5, 5.41) is 14.8. The molecule has 2 heterocycles. The van der Waals surface area contributed by atoms with E-state index < -0.39 is 30.3 Å². The van der Waals surface area contributed by atoms with Gasteiger partial charge in [0.15, 0.2) is 0 Å². The molecule has 1 amide bonds. The van der Waals surface area contributed by atoms with Crippen molar-refractivity contribution in [1.82, 2.24) is 20.6 Å². The Morgan fingerprint density at radius 3 is 2.55 bits per heavy atom. The Hall–Kier alpha value is -3.06. The summed E-state index contributed by atoms with van der Waals surface area (Å²) in [4.78, 5) is 18.9. The van der Waals surface area contributed by atoms with Crippen LogP contribution < -0.4 is 10.6 Å². The molecule has 1 aliphatic heterocycles. The lowest BCUT2D eigenvalue weighted by molar-refractivity contribution is -0.145. The van der Waals surface area contributed by atoms with Gasteiger partial charge in [-0.15, -0.1) is 0 Å². The number of nitrogens with zero attached hydrogens (tertiary/aromatic N) is 3. The summed E-state index contributed by atoms with van der Waals surface area (Å²) in [5.41, 5.74) is 1.61. The molecule has 2 aromatic rings. The smallest absolute Gasteiger partial charge is 0.351 e. The second-order valence-electron chi connectivity index (χ2n) is 6.75. The third-order valence-electron chi connectivity index (χ3n) is 4.70. The highest BCUT2D eigenvalue weighted by molar-refractivity contribution is 5.82. The fraction of sp³-hybridized carbons (Fsp3) is 0.368. The van der Waals surface area contributed by atoms with Crippen LogP contribution >= 0.6 is 0 Å². The first kappa shape index (κ1) is 20.7. The minimum absolute atomic E-state index is 0.0145. The van der Waals surface area contributed by atoms with E-state index in [-0.39, 0.29) is 18.9 Å². The molecule has 1 saturated heterocycles. The molecule has 0 aliphatic carbocycles. The molecular weight excluding hydrogens is 390 g/mol. The van der Waals surface area contributed by atoms with Gasteiger partial charge in [0.1, 0.15) is 6.17 Å². The summed E-state index contributed by atoms with van der Waals surface area (Å²) >= 11 is 0. The summed E-state index contributed by atoms with van der Waals surface area (Å²) < 4.78 is 51.4. The lowest BCUT2D eigenvalue weighted by Crippen LogP contribution is -2.42. The fourth-order valence-corrected chi connectivity index (χ4v) is 3.06. The molecule has 1 aliphatic rings. The lowest BCUT2D eigenvalue weighted by atomic mass is 10.0. The predicted octanol–water partition coefficient (Wildman–Crippen LogP) is 2.74. The number of aromatic nitrogens is 2. The van der Waals surface area contributed by atoms with Crippen LogP contribution in [0.15, 0.2) is 30.6 Å². The van der Waals surface area contributed by atoms with E-state index in [2.05, 4.69) is 20.6 Å². The third kappa shape index (κ3) is 4.68. The van der Waals surface area contributed by atoms with Crippen molar-refractivity contribution in [2.24, 2.45) is 0 Å². The van der Waals surface area contributed by atoms with E-state index in [9.17, 15) is 27.6 Å². The number of rotatable bonds is 4. The second kappa shape index (κ2) is 8.13. The van der Waals surface area contributed by atoms with Crippen LogP contribution in [0.3, 0.4) is 0 Å². The average Bonchev–Trinajstić information content (AvgIpc) is 3.04. The molecule has 0 spiro atoms. The van der Waals surface area contributed by atoms with Gasteiger partial charge in [0.05, 0.1) is 17.7 Å². The van der Waals surface area contributed by atoms with Crippen molar-refractivity contribution in [3.05, 3.63) is 47.5 Å². The Kier molecular flexibility index (Phi) is 5.79. The maximum absolute atomic E-state index is 13.6. The molecule has 3 atom stereocenters. The van der Waals surface area contributed by atoms with Gasteiger partial charge in [0, 0.05) is 37.0 Å². The first-order valence-electron chi connectivity index (χ1n) is 8.79. The first-order chi connectivity index (χ1) is 13.7. The SMILES string of the molecule is C[C@@H]1N[C@H](C(=O)NCc2cc(-c3cnc(C(F)(F)F)nc3)ccc2C#N)C[C@H]1F. The molecule has 0 radical (unpaired) electrons. The van der Waals surface area contributed by atoms with Gasteiger partial charge >= 0.3 is 6.18 Å². The number of benzene rings is 1. The Balaban J connectivity index is 1.76. The van der Waals surface area contributed by atoms with Crippen LogP contribution in [0.1, 0.15) is 30.3 Å². The molecular formula is C19H17F4N5O. The average molecular weight is 407 g/mol. The Morgan fingerprint density at radius 2 is 2.00 bits per heavy atom. The van der Waals surface area contributed by atoms with Crippen molar-refractivity contribution in [3.63, 3.8) is 0 Å². The van der Waals surface area contributed by atoms with Crippen molar-refractivity contribution >= 4 is 5.91 Å². The van der Waals surface area contributed by atoms with E-state index >= 15 is 0 Å². The van der Waals surface area contributed by atoms with E-state index in [1.54, 1.807) is 19.1 Å². The molecule has 0 saturated carbocycles. The number of carbonyl (C=O) groups excluding carboxylic acids is 1. The van der Waals surface area contributed by atoms with Gasteiger partial charge in [-0.2, -0.15) is 18.4 Å². The number of halogens is 4. The summed E-state index contributed by atoms with van der Waals surface area (Å²) in [5.74, 6) is -1.63. The van der Waals surface area contributed by atoms with Gasteiger partial charge in [-0.3, -0.25) is 4.79 Å². The van der Waals surface area contributed by atoms with Gasteiger partial charge in [0.2, 0.25) is 11.7 Å². The maximum Gasteiger partial charge on any atom is 0.451 e. The zero-order chi connectivity index (χ0) is 21.2. The molecule has 1 aromatic carbocycles. The molecule has 152 valence electrons. The predicted molar refractivity (Wildman–Crippen MR) is 94.9 cm³/mol. The van der Waals surface area contributed by atoms with E-state index in [1.807, 2.05) is 6.07 Å². The van der Waals surface area contributed by atoms with Crippen molar-refractivity contribution in [2.45, 2.75) is 44.3 Å². The normalized spacial score (nSPS) is 21.6. The van der Waals surface area contributed by atoms with Gasteiger partial charge in [-0.1, -0.05) is 6.07 Å². The molecule has 1 aromatic heterocycles. The van der Waals surface area contributed by atoms with Crippen LogP contribution in [0.5, 0.6) is 0 Å². The largest absolute Gasteiger partial charge is 0.451 e. The maximum atomic E-state index is 13.6. The minimum atomic E-state index is -4.64. The molecule has 2 N–H and O–H groups in total. The van der Waals surface area contributed by atoms with E-state index in [1.165, 1.54) is 6.07 Å². The molecule has 29 heavy (non-hydrogen) atoms. The number of nitrogens with one attached hydrogen (secondary N) is 2. The highest BCUT2D eigenvalue weighted by atomic mass is 19.4. The van der Waals surface area contributed by atoms with Crippen molar-refractivity contribution in [2.75, 3.05) is 0 Å². The van der Waals surface area contributed by atoms with Crippen LogP contribution in [0.2, 0.25) is 0 Å². The first-order valence-corrected chi connectivity index (χ1v) is 8.79. The van der Waals surface area contributed by atoms with Crippen LogP contribution in [-0.2, 0) is 17.5 Å². The van der Waals surface area contributed by atoms with Crippen LogP contribution in [0.4, 0.5) is 17.6 Å². The van der Waals surface area contributed by atoms with Crippen molar-refractivity contribution in [3.8, 4) is 17.2 Å². The number of hydrogen-bond donors (Lipinski definition) is 2. The Labute approximate surface area is 164 Å². The molecule has 0 bridgehead atoms. The Bertz CT molecular complexity index is 929. The van der Waals surface area contributed by atoms with Gasteiger partial charge < -0.3 is 10.6 Å². The van der Waals surface area contributed by atoms with Gasteiger partial charge in [-0.05, 0) is 30.2 Å². The molecule has 3 rings (SSSR count). The zero-order valence-electron chi connectivity index (χ0n) is 15.3. The monoisotopic (exact) mass is 407 g/mol. The van der Waals surface area contributed by atoms with Crippen molar-refractivity contribution in [1.29, 1.82) is 5.26 Å². The molecule has 0 unspecified atom stereocenters. The lowest BCUT2D eigenvalue weighted by Gasteiger charge is -2.13. The number of amides is 1. The fourth-order valence-electron chi connectivity index (χ4n) is 3.06. The second-order valence-corrected chi connectivity index (χ2v) is 6.75. The number of nitriles is 1. The number of hydrogen-bond acceptors (Lipinski definition) is 5. The minimum Gasteiger partial charge on any atom is -0.351 e. The van der Waals surface area contributed by atoms with Gasteiger partial charge in [0.25, 0.3) is 0 Å². The summed E-state index contributed by atoms with van der Waals surface area (Å²) in [7, 11) is 0. The van der Waals surface area contributed by atoms with Crippen LogP contribution in [0.25, 0.3) is 11.1 Å². The highest BCUT2D eigenvalue weighted by Gasteiger charge is 2.35. The summed E-state index contributed by atoms with van der Waals surface area (Å²) in [6.07, 6.45) is -3.58. The highest BCUT2D eigenvalue weighted by Crippen LogP contribution is 2.27. The molecule has 6 nitrogen and oxygen atoms in total. The zero-order valence-corrected chi connectivity index (χ0v) is 15.3. The molecule has 1 fully saturated rings. The number of carbonyl (C=O) groups is 1. The third-order valence-corrected chi connectivity index (χ3v) is 4.70. The standard InChI is InChI=1S/C19H17F4N5O/c1-10-15(20)5-16(28-10)17(29)25-7-13-4-11(2-3-12(13)6-24)14-8-26-18(27-9-14)19(21,22)23/h2-4,8-10,15-16,28H,5,7H2,1H3,(H,25,29)/t10-,15+,16-/m0/s1. The van der Waals surface area contributed by atoms with Gasteiger partial charge in [-0.25, -0.2) is 14.4 Å². The number of alkyl halides is 4. The topological polar surface area (TPSA) is 90.7 Å². The summed E-state index contributed by atoms with van der Waals surface area (Å²) in [6, 6.07) is 5.57. The van der Waals surface area contributed by atoms with Crippen LogP contribution in [0, 0.1) is 11.3 Å². The quantitative estimate of drug-likeness (QED) is 0.761. The Morgan fingerprint density at radius 1 is 1.31 bits per heavy atom. The molecule has 10 heteroatoms. The van der Waals surface area contributed by atoms with Crippen molar-refractivity contribution < 1.29 is 22.4 Å². The van der Waals surface area contributed by atoms with E-state index in [4.69, 9.17) is 0 Å².